The zero-order valence-electron chi connectivity index (χ0n) is 15.9. The van der Waals surface area contributed by atoms with Crippen LogP contribution in [-0.4, -0.2) is 47.2 Å². The van der Waals surface area contributed by atoms with Crippen LogP contribution in [0.3, 0.4) is 0 Å². The summed E-state index contributed by atoms with van der Waals surface area (Å²) < 4.78 is 39.8. The van der Waals surface area contributed by atoms with Crippen molar-refractivity contribution in [2.75, 3.05) is 31.1 Å². The van der Waals surface area contributed by atoms with Gasteiger partial charge in [-0.25, -0.2) is 0 Å². The van der Waals surface area contributed by atoms with Crippen LogP contribution in [0.2, 0.25) is 0 Å². The Morgan fingerprint density at radius 1 is 1.00 bits per heavy atom. The SMILES string of the molecule is CC.O=C(c1cccnn1)N1C[C@@H]2CN(c3ccccc3C(F)(F)F)C[C@@H]2C1. The van der Waals surface area contributed by atoms with Gasteiger partial charge in [-0.3, -0.25) is 4.79 Å². The number of carbonyl (C=O) groups excluding carboxylic acids is 1. The fourth-order valence-corrected chi connectivity index (χ4v) is 3.92. The summed E-state index contributed by atoms with van der Waals surface area (Å²) in [5, 5.41) is 7.56. The van der Waals surface area contributed by atoms with Crippen molar-refractivity contribution in [2.24, 2.45) is 11.8 Å². The number of carbonyl (C=O) groups is 1. The van der Waals surface area contributed by atoms with E-state index < -0.39 is 11.7 Å². The van der Waals surface area contributed by atoms with Gasteiger partial charge in [-0.2, -0.15) is 18.3 Å². The van der Waals surface area contributed by atoms with E-state index in [0.717, 1.165) is 6.07 Å². The lowest BCUT2D eigenvalue weighted by atomic mass is 10.0. The third-order valence-electron chi connectivity index (χ3n) is 5.12. The molecule has 28 heavy (non-hydrogen) atoms. The number of alkyl halides is 3. The minimum atomic E-state index is -4.37. The zero-order valence-corrected chi connectivity index (χ0v) is 15.9. The number of nitrogens with zero attached hydrogens (tertiary/aromatic N) is 4. The molecule has 5 nitrogen and oxygen atoms in total. The molecule has 4 rings (SSSR count). The molecule has 0 unspecified atom stereocenters. The van der Waals surface area contributed by atoms with Crippen molar-refractivity contribution in [3.05, 3.63) is 53.9 Å². The maximum absolute atomic E-state index is 13.3. The minimum Gasteiger partial charge on any atom is -0.370 e. The van der Waals surface area contributed by atoms with E-state index in [4.69, 9.17) is 0 Å². The summed E-state index contributed by atoms with van der Waals surface area (Å²) in [6.45, 7) is 6.10. The van der Waals surface area contributed by atoms with Gasteiger partial charge in [0.2, 0.25) is 0 Å². The zero-order chi connectivity index (χ0) is 20.3. The molecular weight excluding hydrogens is 369 g/mol. The van der Waals surface area contributed by atoms with Gasteiger partial charge in [0.15, 0.2) is 5.69 Å². The van der Waals surface area contributed by atoms with Gasteiger partial charge in [0, 0.05) is 49.9 Å². The van der Waals surface area contributed by atoms with Crippen molar-refractivity contribution >= 4 is 11.6 Å². The van der Waals surface area contributed by atoms with Crippen LogP contribution in [0, 0.1) is 11.8 Å². The van der Waals surface area contributed by atoms with Gasteiger partial charge in [-0.15, -0.1) is 5.10 Å². The van der Waals surface area contributed by atoms with Crippen LogP contribution in [0.5, 0.6) is 0 Å². The Hall–Kier alpha value is -2.64. The quantitative estimate of drug-likeness (QED) is 0.782. The molecule has 2 atom stereocenters. The Morgan fingerprint density at radius 2 is 1.64 bits per heavy atom. The molecule has 2 aliphatic heterocycles. The molecule has 1 aromatic carbocycles. The Bertz CT molecular complexity index is 799. The van der Waals surface area contributed by atoms with Crippen molar-refractivity contribution in [3.8, 4) is 0 Å². The fourth-order valence-electron chi connectivity index (χ4n) is 3.92. The summed E-state index contributed by atoms with van der Waals surface area (Å²) in [5.41, 5.74) is -0.0829. The molecule has 0 bridgehead atoms. The number of rotatable bonds is 2. The lowest BCUT2D eigenvalue weighted by molar-refractivity contribution is -0.137. The van der Waals surface area contributed by atoms with Gasteiger partial charge in [-0.05, 0) is 24.3 Å². The molecule has 2 aliphatic rings. The molecule has 2 saturated heterocycles. The molecule has 1 aromatic heterocycles. The number of likely N-dealkylation sites (tertiary alicyclic amines) is 1. The Balaban J connectivity index is 0.00000109. The summed E-state index contributed by atoms with van der Waals surface area (Å²) in [4.78, 5) is 16.0. The predicted molar refractivity (Wildman–Crippen MR) is 99.9 cm³/mol. The van der Waals surface area contributed by atoms with Crippen molar-refractivity contribution in [3.63, 3.8) is 0 Å². The van der Waals surface area contributed by atoms with Crippen LogP contribution in [0.4, 0.5) is 18.9 Å². The van der Waals surface area contributed by atoms with E-state index in [-0.39, 0.29) is 23.4 Å². The molecule has 8 heteroatoms. The van der Waals surface area contributed by atoms with Gasteiger partial charge >= 0.3 is 6.18 Å². The highest BCUT2D eigenvalue weighted by atomic mass is 19.4. The third-order valence-corrected chi connectivity index (χ3v) is 5.12. The topological polar surface area (TPSA) is 49.3 Å². The van der Waals surface area contributed by atoms with Crippen LogP contribution in [0.25, 0.3) is 0 Å². The van der Waals surface area contributed by atoms with Gasteiger partial charge in [-0.1, -0.05) is 26.0 Å². The molecule has 0 N–H and O–H groups in total. The molecule has 0 spiro atoms. The van der Waals surface area contributed by atoms with Crippen LogP contribution in [-0.2, 0) is 6.18 Å². The van der Waals surface area contributed by atoms with Gasteiger partial charge in [0.1, 0.15) is 0 Å². The summed E-state index contributed by atoms with van der Waals surface area (Å²) in [6, 6.07) is 8.95. The molecule has 2 aromatic rings. The third kappa shape index (κ3) is 3.95. The number of aromatic nitrogens is 2. The van der Waals surface area contributed by atoms with Crippen molar-refractivity contribution < 1.29 is 18.0 Å². The van der Waals surface area contributed by atoms with Crippen LogP contribution in [0.1, 0.15) is 29.9 Å². The monoisotopic (exact) mass is 392 g/mol. The summed E-state index contributed by atoms with van der Waals surface area (Å²) in [6.07, 6.45) is -2.87. The molecule has 2 fully saturated rings. The van der Waals surface area contributed by atoms with E-state index in [0.29, 0.717) is 31.9 Å². The number of anilines is 1. The van der Waals surface area contributed by atoms with Crippen LogP contribution >= 0.6 is 0 Å². The molecule has 0 aliphatic carbocycles. The standard InChI is InChI=1S/C18H17F3N4O.C2H6/c19-18(20,21)14-4-1-2-6-16(14)24-8-12-10-25(11-13(12)9-24)17(26)15-5-3-7-22-23-15;1-2/h1-7,12-13H,8-11H2;1-2H3/t12-,13+;. The second-order valence-corrected chi connectivity index (χ2v) is 6.76. The average molecular weight is 392 g/mol. The first-order chi connectivity index (χ1) is 13.4. The summed E-state index contributed by atoms with van der Waals surface area (Å²) >= 11 is 0. The number of benzene rings is 1. The maximum atomic E-state index is 13.3. The normalized spacial score (nSPS) is 21.2. The Kier molecular flexibility index (Phi) is 5.86. The van der Waals surface area contributed by atoms with Gasteiger partial charge in [0.25, 0.3) is 5.91 Å². The van der Waals surface area contributed by atoms with Gasteiger partial charge < -0.3 is 9.80 Å². The molecular formula is C20H23F3N4O. The van der Waals surface area contributed by atoms with E-state index in [1.165, 1.54) is 18.3 Å². The second-order valence-electron chi connectivity index (χ2n) is 6.76. The molecule has 150 valence electrons. The number of halogens is 3. The average Bonchev–Trinajstić information content (AvgIpc) is 3.28. The lowest BCUT2D eigenvalue weighted by Crippen LogP contribution is -2.34. The second kappa shape index (κ2) is 8.16. The van der Waals surface area contributed by atoms with Crippen LogP contribution < -0.4 is 4.90 Å². The predicted octanol–water partition coefficient (Wildman–Crippen LogP) is 3.73. The maximum Gasteiger partial charge on any atom is 0.418 e. The van der Waals surface area contributed by atoms with Crippen molar-refractivity contribution in [2.45, 2.75) is 20.0 Å². The highest BCUT2D eigenvalue weighted by molar-refractivity contribution is 5.92. The molecule has 3 heterocycles. The molecule has 0 radical (unpaired) electrons. The number of hydrogen-bond acceptors (Lipinski definition) is 4. The lowest BCUT2D eigenvalue weighted by Gasteiger charge is -2.25. The van der Waals surface area contributed by atoms with E-state index in [9.17, 15) is 18.0 Å². The smallest absolute Gasteiger partial charge is 0.370 e. The van der Waals surface area contributed by atoms with Crippen LogP contribution in [0.15, 0.2) is 42.6 Å². The van der Waals surface area contributed by atoms with E-state index in [2.05, 4.69) is 10.2 Å². The Labute approximate surface area is 162 Å². The first kappa shape index (κ1) is 20.1. The van der Waals surface area contributed by atoms with E-state index >= 15 is 0 Å². The van der Waals surface area contributed by atoms with Crippen molar-refractivity contribution in [1.82, 2.24) is 15.1 Å². The van der Waals surface area contributed by atoms with Crippen molar-refractivity contribution in [1.29, 1.82) is 0 Å². The Morgan fingerprint density at radius 3 is 2.21 bits per heavy atom. The first-order valence-corrected chi connectivity index (χ1v) is 9.41. The number of hydrogen-bond donors (Lipinski definition) is 0. The number of para-hydroxylation sites is 1. The van der Waals surface area contributed by atoms with E-state index in [1.807, 2.05) is 13.8 Å². The highest BCUT2D eigenvalue weighted by Gasteiger charge is 2.44. The first-order valence-electron chi connectivity index (χ1n) is 9.41. The fraction of sp³-hybridized carbons (Fsp3) is 0.450. The summed E-state index contributed by atoms with van der Waals surface area (Å²) in [5.74, 6) is 0.156. The van der Waals surface area contributed by atoms with E-state index in [1.54, 1.807) is 28.0 Å². The summed E-state index contributed by atoms with van der Waals surface area (Å²) in [7, 11) is 0. The largest absolute Gasteiger partial charge is 0.418 e. The molecule has 1 amide bonds. The van der Waals surface area contributed by atoms with Gasteiger partial charge in [0.05, 0.1) is 5.56 Å². The number of fused-ring (bicyclic) bond motifs is 1. The minimum absolute atomic E-state index is 0.164. The highest BCUT2D eigenvalue weighted by Crippen LogP contribution is 2.40. The molecule has 0 saturated carbocycles. The number of amides is 1.